The van der Waals surface area contributed by atoms with E-state index in [2.05, 4.69) is 4.72 Å². The minimum atomic E-state index is -3.75. The van der Waals surface area contributed by atoms with E-state index in [0.29, 0.717) is 22.0 Å². The maximum Gasteiger partial charge on any atom is 0.308 e. The number of hydrogen-bond acceptors (Lipinski definition) is 4. The third-order valence-electron chi connectivity index (χ3n) is 3.34. The first kappa shape index (κ1) is 16.0. The summed E-state index contributed by atoms with van der Waals surface area (Å²) in [5.74, 6) is 0. The molecular weight excluding hydrogens is 356 g/mol. The lowest BCUT2D eigenvalue weighted by Crippen LogP contribution is -2.13. The number of aryl methyl sites for hydroxylation is 1. The fraction of sp³-hybridized carbons (Fsp3) is 0.133. The molecule has 0 aliphatic heterocycles. The van der Waals surface area contributed by atoms with Crippen LogP contribution in [0.5, 0.6) is 0 Å². The summed E-state index contributed by atoms with van der Waals surface area (Å²) in [6.07, 6.45) is 0. The minimum Gasteiger partial charge on any atom is -0.299 e. The highest BCUT2D eigenvalue weighted by atomic mass is 35.5. The van der Waals surface area contributed by atoms with Crippen LogP contribution in [0.2, 0.25) is 5.02 Å². The molecule has 23 heavy (non-hydrogen) atoms. The standard InChI is InChI=1S/C15H13ClN2O3S2/c1-2-18-13-7-6-12(9-14(13)22-15(18)19)23(20,21)17-11-5-3-4-10(16)8-11/h3-9,17H,2H2,1H3. The molecule has 0 spiro atoms. The predicted molar refractivity (Wildman–Crippen MR) is 94.0 cm³/mol. The number of nitrogens with zero attached hydrogens (tertiary/aromatic N) is 1. The molecule has 0 saturated carbocycles. The smallest absolute Gasteiger partial charge is 0.299 e. The lowest BCUT2D eigenvalue weighted by molar-refractivity contribution is 0.601. The molecule has 0 saturated heterocycles. The number of fused-ring (bicyclic) bond motifs is 1. The predicted octanol–water partition coefficient (Wildman–Crippen LogP) is 3.54. The Balaban J connectivity index is 2.03. The summed E-state index contributed by atoms with van der Waals surface area (Å²) < 4.78 is 29.7. The maximum atomic E-state index is 12.5. The lowest BCUT2D eigenvalue weighted by Gasteiger charge is -2.08. The van der Waals surface area contributed by atoms with Gasteiger partial charge in [0.1, 0.15) is 0 Å². The molecule has 0 radical (unpaired) electrons. The summed E-state index contributed by atoms with van der Waals surface area (Å²) in [4.78, 5) is 11.9. The number of sulfonamides is 1. The maximum absolute atomic E-state index is 12.5. The van der Waals surface area contributed by atoms with Gasteiger partial charge in [-0.1, -0.05) is 29.0 Å². The van der Waals surface area contributed by atoms with E-state index in [1.165, 1.54) is 18.2 Å². The zero-order valence-electron chi connectivity index (χ0n) is 12.1. The van der Waals surface area contributed by atoms with E-state index in [0.717, 1.165) is 16.9 Å². The summed E-state index contributed by atoms with van der Waals surface area (Å²) in [7, 11) is -3.75. The molecule has 120 valence electrons. The fourth-order valence-electron chi connectivity index (χ4n) is 2.28. The second kappa shape index (κ2) is 5.99. The van der Waals surface area contributed by atoms with Crippen LogP contribution < -0.4 is 9.60 Å². The van der Waals surface area contributed by atoms with E-state index in [1.54, 1.807) is 28.8 Å². The molecule has 5 nitrogen and oxygen atoms in total. The molecule has 0 fully saturated rings. The Kier molecular flexibility index (Phi) is 4.18. The van der Waals surface area contributed by atoms with E-state index >= 15 is 0 Å². The van der Waals surface area contributed by atoms with Gasteiger partial charge in [0.15, 0.2) is 0 Å². The first-order valence-electron chi connectivity index (χ1n) is 6.82. The number of hydrogen-bond donors (Lipinski definition) is 1. The molecule has 0 atom stereocenters. The first-order valence-corrected chi connectivity index (χ1v) is 9.50. The summed E-state index contributed by atoms with van der Waals surface area (Å²) in [5.41, 5.74) is 1.13. The van der Waals surface area contributed by atoms with Crippen molar-refractivity contribution in [3.05, 3.63) is 57.2 Å². The molecule has 1 N–H and O–H groups in total. The van der Waals surface area contributed by atoms with Crippen molar-refractivity contribution in [2.24, 2.45) is 0 Å². The van der Waals surface area contributed by atoms with Gasteiger partial charge in [-0.3, -0.25) is 14.1 Å². The number of nitrogens with one attached hydrogen (secondary N) is 1. The van der Waals surface area contributed by atoms with Gasteiger partial charge in [-0.2, -0.15) is 0 Å². The molecule has 3 rings (SSSR count). The number of aromatic nitrogens is 1. The van der Waals surface area contributed by atoms with Crippen LogP contribution in [0.15, 0.2) is 52.2 Å². The van der Waals surface area contributed by atoms with Crippen molar-refractivity contribution >= 4 is 48.9 Å². The van der Waals surface area contributed by atoms with Crippen LogP contribution in [0, 0.1) is 0 Å². The second-order valence-electron chi connectivity index (χ2n) is 4.86. The Morgan fingerprint density at radius 2 is 2.00 bits per heavy atom. The molecule has 3 aromatic rings. The van der Waals surface area contributed by atoms with Crippen LogP contribution in [0.25, 0.3) is 10.2 Å². The van der Waals surface area contributed by atoms with Crippen LogP contribution in [0.1, 0.15) is 6.92 Å². The van der Waals surface area contributed by atoms with Crippen molar-refractivity contribution < 1.29 is 8.42 Å². The van der Waals surface area contributed by atoms with Gasteiger partial charge in [-0.25, -0.2) is 8.42 Å². The zero-order valence-corrected chi connectivity index (χ0v) is 14.5. The molecule has 8 heteroatoms. The van der Waals surface area contributed by atoms with Gasteiger partial charge in [0.2, 0.25) is 0 Å². The van der Waals surface area contributed by atoms with E-state index in [4.69, 9.17) is 11.6 Å². The Bertz CT molecular complexity index is 1040. The van der Waals surface area contributed by atoms with Crippen molar-refractivity contribution in [3.63, 3.8) is 0 Å². The minimum absolute atomic E-state index is 0.0974. The SMILES string of the molecule is CCn1c(=O)sc2cc(S(=O)(=O)Nc3cccc(Cl)c3)ccc21. The molecule has 1 heterocycles. The summed E-state index contributed by atoms with van der Waals surface area (Å²) in [6.45, 7) is 2.42. The molecule has 0 aliphatic rings. The molecule has 0 amide bonds. The summed E-state index contributed by atoms with van der Waals surface area (Å²) >= 11 is 6.90. The van der Waals surface area contributed by atoms with E-state index in [9.17, 15) is 13.2 Å². The Hall–Kier alpha value is -1.83. The topological polar surface area (TPSA) is 68.2 Å². The highest BCUT2D eigenvalue weighted by Crippen LogP contribution is 2.24. The largest absolute Gasteiger partial charge is 0.308 e. The molecule has 1 aromatic heterocycles. The van der Waals surface area contributed by atoms with Crippen molar-refractivity contribution in [1.82, 2.24) is 4.57 Å². The number of anilines is 1. The molecule has 0 aliphatic carbocycles. The third-order valence-corrected chi connectivity index (χ3v) is 5.90. The first-order chi connectivity index (χ1) is 10.9. The van der Waals surface area contributed by atoms with E-state index in [1.807, 2.05) is 6.92 Å². The highest BCUT2D eigenvalue weighted by molar-refractivity contribution is 7.92. The Morgan fingerprint density at radius 3 is 2.70 bits per heavy atom. The van der Waals surface area contributed by atoms with Gasteiger partial charge in [0.25, 0.3) is 10.0 Å². The van der Waals surface area contributed by atoms with Crippen LogP contribution in [0.3, 0.4) is 0 Å². The molecular formula is C15H13ClN2O3S2. The van der Waals surface area contributed by atoms with Gasteiger partial charge in [-0.15, -0.1) is 0 Å². The number of rotatable bonds is 4. The summed E-state index contributed by atoms with van der Waals surface area (Å²) in [6, 6.07) is 11.1. The average molecular weight is 369 g/mol. The average Bonchev–Trinajstić information content (AvgIpc) is 2.80. The van der Waals surface area contributed by atoms with Crippen molar-refractivity contribution in [2.45, 2.75) is 18.4 Å². The van der Waals surface area contributed by atoms with Gasteiger partial charge in [-0.05, 0) is 43.3 Å². The van der Waals surface area contributed by atoms with Crippen LogP contribution in [-0.2, 0) is 16.6 Å². The normalized spacial score (nSPS) is 11.7. The fourth-order valence-corrected chi connectivity index (χ4v) is 4.61. The van der Waals surface area contributed by atoms with E-state index in [-0.39, 0.29) is 9.77 Å². The van der Waals surface area contributed by atoms with Gasteiger partial charge >= 0.3 is 4.87 Å². The monoisotopic (exact) mass is 368 g/mol. The van der Waals surface area contributed by atoms with Crippen LogP contribution in [0.4, 0.5) is 5.69 Å². The molecule has 0 bridgehead atoms. The lowest BCUT2D eigenvalue weighted by atomic mass is 10.3. The van der Waals surface area contributed by atoms with Gasteiger partial charge in [0, 0.05) is 11.6 Å². The van der Waals surface area contributed by atoms with E-state index < -0.39 is 10.0 Å². The second-order valence-corrected chi connectivity index (χ2v) is 7.97. The van der Waals surface area contributed by atoms with Crippen molar-refractivity contribution in [3.8, 4) is 0 Å². The van der Waals surface area contributed by atoms with Gasteiger partial charge in [0.05, 0.1) is 20.8 Å². The number of halogens is 1. The number of benzene rings is 2. The quantitative estimate of drug-likeness (QED) is 0.765. The van der Waals surface area contributed by atoms with Gasteiger partial charge < -0.3 is 0 Å². The zero-order chi connectivity index (χ0) is 16.6. The number of thiazole rings is 1. The molecule has 0 unspecified atom stereocenters. The van der Waals surface area contributed by atoms with Crippen molar-refractivity contribution in [2.75, 3.05) is 4.72 Å². The Labute approximate surface area is 142 Å². The molecule has 2 aromatic carbocycles. The summed E-state index contributed by atoms with van der Waals surface area (Å²) in [5, 5.41) is 0.443. The van der Waals surface area contributed by atoms with Crippen molar-refractivity contribution in [1.29, 1.82) is 0 Å². The third kappa shape index (κ3) is 3.12. The van der Waals surface area contributed by atoms with Crippen LogP contribution >= 0.6 is 22.9 Å². The van der Waals surface area contributed by atoms with Crippen LogP contribution in [-0.4, -0.2) is 13.0 Å². The Morgan fingerprint density at radius 1 is 1.22 bits per heavy atom. The highest BCUT2D eigenvalue weighted by Gasteiger charge is 2.16.